The van der Waals surface area contributed by atoms with E-state index in [-0.39, 0.29) is 5.57 Å². The average Bonchev–Trinajstić information content (AvgIpc) is 2.82. The molecule has 0 bridgehead atoms. The molecule has 1 fully saturated rings. The first-order valence-corrected chi connectivity index (χ1v) is 11.5. The smallest absolute Gasteiger partial charge is 0.335 e. The maximum atomic E-state index is 13.3. The molecule has 4 amide bonds. The maximum absolute atomic E-state index is 13.3. The van der Waals surface area contributed by atoms with Crippen LogP contribution in [-0.4, -0.2) is 25.0 Å². The molecule has 3 aromatic carbocycles. The topological polar surface area (TPSA) is 75.7 Å². The Morgan fingerprint density at radius 2 is 1.57 bits per heavy atom. The lowest BCUT2D eigenvalue weighted by Gasteiger charge is -2.26. The number of carbonyl (C=O) groups excluding carboxylic acids is 3. The van der Waals surface area contributed by atoms with Crippen LogP contribution in [-0.2, 0) is 22.4 Å². The molecule has 1 N–H and O–H groups in total. The number of benzene rings is 3. The van der Waals surface area contributed by atoms with Crippen LogP contribution in [0.4, 0.5) is 10.5 Å². The van der Waals surface area contributed by atoms with E-state index < -0.39 is 17.8 Å². The molecule has 0 unspecified atom stereocenters. The number of aryl methyl sites for hydroxylation is 3. The Hall–Kier alpha value is -4.19. The monoisotopic (exact) mass is 468 g/mol. The number of methoxy groups -OCH3 is 1. The number of barbiturate groups is 1. The van der Waals surface area contributed by atoms with E-state index in [0.29, 0.717) is 23.4 Å². The Morgan fingerprint density at radius 3 is 2.20 bits per heavy atom. The lowest BCUT2D eigenvalue weighted by molar-refractivity contribution is -0.122. The predicted molar refractivity (Wildman–Crippen MR) is 137 cm³/mol. The fourth-order valence-corrected chi connectivity index (χ4v) is 4.32. The Kier molecular flexibility index (Phi) is 6.82. The second-order valence-corrected chi connectivity index (χ2v) is 8.72. The third-order valence-corrected chi connectivity index (χ3v) is 6.03. The standard InChI is InChI=1S/C29H28N2O4/c1-5-20-6-9-24(10-7-20)31-28(33)26(27(32)30-29(31)34)17-22-8-11-25(35-4)16-23(22)15-21-13-18(2)12-19(3)14-21/h6-14,16-17H,5,15H2,1-4H3,(H,30,32,34)/b26-17+. The Balaban J connectivity index is 1.74. The molecule has 0 radical (unpaired) electrons. The summed E-state index contributed by atoms with van der Waals surface area (Å²) >= 11 is 0. The van der Waals surface area contributed by atoms with Crippen molar-refractivity contribution in [2.24, 2.45) is 0 Å². The van der Waals surface area contributed by atoms with E-state index in [2.05, 4.69) is 37.4 Å². The highest BCUT2D eigenvalue weighted by molar-refractivity contribution is 6.39. The van der Waals surface area contributed by atoms with Gasteiger partial charge in [-0.3, -0.25) is 14.9 Å². The second kappa shape index (κ2) is 9.97. The van der Waals surface area contributed by atoms with Gasteiger partial charge in [-0.25, -0.2) is 9.69 Å². The van der Waals surface area contributed by atoms with Crippen LogP contribution in [0, 0.1) is 13.8 Å². The summed E-state index contributed by atoms with van der Waals surface area (Å²) in [5, 5.41) is 2.30. The van der Waals surface area contributed by atoms with Crippen LogP contribution in [0.3, 0.4) is 0 Å². The summed E-state index contributed by atoms with van der Waals surface area (Å²) in [5.74, 6) is -0.690. The molecule has 1 aliphatic rings. The van der Waals surface area contributed by atoms with Gasteiger partial charge in [0.25, 0.3) is 11.8 Å². The lowest BCUT2D eigenvalue weighted by atomic mass is 9.95. The van der Waals surface area contributed by atoms with Crippen molar-refractivity contribution in [3.63, 3.8) is 0 Å². The number of rotatable bonds is 6. The van der Waals surface area contributed by atoms with Crippen LogP contribution in [0.2, 0.25) is 0 Å². The highest BCUT2D eigenvalue weighted by atomic mass is 16.5. The first-order chi connectivity index (χ1) is 16.8. The van der Waals surface area contributed by atoms with Crippen molar-refractivity contribution in [1.29, 1.82) is 0 Å². The maximum Gasteiger partial charge on any atom is 0.335 e. The molecule has 6 heteroatoms. The number of ether oxygens (including phenoxy) is 1. The summed E-state index contributed by atoms with van der Waals surface area (Å²) in [4.78, 5) is 39.6. The van der Waals surface area contributed by atoms with Gasteiger partial charge in [0.1, 0.15) is 11.3 Å². The molecular weight excluding hydrogens is 440 g/mol. The molecule has 1 heterocycles. The predicted octanol–water partition coefficient (Wildman–Crippen LogP) is 5.13. The minimum Gasteiger partial charge on any atom is -0.497 e. The van der Waals surface area contributed by atoms with Crippen LogP contribution in [0.1, 0.15) is 40.3 Å². The Morgan fingerprint density at radius 1 is 0.886 bits per heavy atom. The number of hydrogen-bond acceptors (Lipinski definition) is 4. The molecule has 1 saturated heterocycles. The SMILES string of the molecule is CCc1ccc(N2C(=O)NC(=O)/C(=C\c3ccc(OC)cc3Cc3cc(C)cc(C)c3)C2=O)cc1. The third-order valence-electron chi connectivity index (χ3n) is 6.03. The molecule has 0 aliphatic carbocycles. The van der Waals surface area contributed by atoms with Gasteiger partial charge in [0.05, 0.1) is 12.8 Å². The quantitative estimate of drug-likeness (QED) is 0.402. The van der Waals surface area contributed by atoms with Gasteiger partial charge in [-0.15, -0.1) is 0 Å². The van der Waals surface area contributed by atoms with E-state index in [1.54, 1.807) is 31.4 Å². The van der Waals surface area contributed by atoms with Crippen LogP contribution in [0.15, 0.2) is 66.2 Å². The van der Waals surface area contributed by atoms with Crippen molar-refractivity contribution in [1.82, 2.24) is 5.32 Å². The zero-order valence-electron chi connectivity index (χ0n) is 20.3. The first kappa shape index (κ1) is 24.0. The number of amides is 4. The van der Waals surface area contributed by atoms with E-state index >= 15 is 0 Å². The molecule has 6 nitrogen and oxygen atoms in total. The van der Waals surface area contributed by atoms with Crippen LogP contribution in [0.5, 0.6) is 5.75 Å². The largest absolute Gasteiger partial charge is 0.497 e. The number of urea groups is 1. The van der Waals surface area contributed by atoms with Gasteiger partial charge in [-0.1, -0.05) is 54.4 Å². The van der Waals surface area contributed by atoms with E-state index in [4.69, 9.17) is 4.74 Å². The number of carbonyl (C=O) groups is 3. The minimum absolute atomic E-state index is 0.101. The molecule has 4 rings (SSSR count). The Bertz CT molecular complexity index is 1320. The van der Waals surface area contributed by atoms with E-state index in [0.717, 1.165) is 39.1 Å². The number of nitrogens with zero attached hydrogens (tertiary/aromatic N) is 1. The number of hydrogen-bond donors (Lipinski definition) is 1. The molecule has 1 aliphatic heterocycles. The summed E-state index contributed by atoms with van der Waals surface area (Å²) in [7, 11) is 1.60. The van der Waals surface area contributed by atoms with Crippen molar-refractivity contribution in [3.05, 3.63) is 99.6 Å². The van der Waals surface area contributed by atoms with Gasteiger partial charge in [0.15, 0.2) is 0 Å². The molecule has 0 aromatic heterocycles. The molecular formula is C29H28N2O4. The van der Waals surface area contributed by atoms with Crippen molar-refractivity contribution < 1.29 is 19.1 Å². The van der Waals surface area contributed by atoms with Crippen molar-refractivity contribution in [2.75, 3.05) is 12.0 Å². The van der Waals surface area contributed by atoms with Gasteiger partial charge in [-0.2, -0.15) is 0 Å². The highest BCUT2D eigenvalue weighted by Crippen LogP contribution is 2.27. The van der Waals surface area contributed by atoms with Crippen LogP contribution >= 0.6 is 0 Å². The summed E-state index contributed by atoms with van der Waals surface area (Å²) in [6.07, 6.45) is 2.98. The normalized spacial score (nSPS) is 14.9. The van der Waals surface area contributed by atoms with Gasteiger partial charge < -0.3 is 4.74 Å². The number of imide groups is 2. The van der Waals surface area contributed by atoms with Gasteiger partial charge in [0.2, 0.25) is 0 Å². The fraction of sp³-hybridized carbons (Fsp3) is 0.207. The van der Waals surface area contributed by atoms with E-state index in [1.165, 1.54) is 0 Å². The average molecular weight is 469 g/mol. The molecule has 0 spiro atoms. The minimum atomic E-state index is -0.758. The summed E-state index contributed by atoms with van der Waals surface area (Å²) < 4.78 is 5.42. The molecule has 35 heavy (non-hydrogen) atoms. The van der Waals surface area contributed by atoms with Gasteiger partial charge >= 0.3 is 6.03 Å². The van der Waals surface area contributed by atoms with Gasteiger partial charge in [-0.05, 0) is 79.3 Å². The fourth-order valence-electron chi connectivity index (χ4n) is 4.32. The summed E-state index contributed by atoms with van der Waals surface area (Å²) in [6, 6.07) is 18.2. The summed E-state index contributed by atoms with van der Waals surface area (Å²) in [5.41, 5.74) is 6.43. The highest BCUT2D eigenvalue weighted by Gasteiger charge is 2.36. The molecule has 3 aromatic rings. The third kappa shape index (κ3) is 5.17. The van der Waals surface area contributed by atoms with E-state index in [1.807, 2.05) is 31.2 Å². The van der Waals surface area contributed by atoms with Crippen LogP contribution in [0.25, 0.3) is 6.08 Å². The molecule has 0 saturated carbocycles. The van der Waals surface area contributed by atoms with Crippen molar-refractivity contribution >= 4 is 29.6 Å². The van der Waals surface area contributed by atoms with Crippen molar-refractivity contribution in [3.8, 4) is 5.75 Å². The number of anilines is 1. The second-order valence-electron chi connectivity index (χ2n) is 8.72. The first-order valence-electron chi connectivity index (χ1n) is 11.5. The van der Waals surface area contributed by atoms with Crippen LogP contribution < -0.4 is 15.0 Å². The van der Waals surface area contributed by atoms with Gasteiger partial charge in [0, 0.05) is 0 Å². The Labute approximate surface area is 205 Å². The van der Waals surface area contributed by atoms with Crippen molar-refractivity contribution in [2.45, 2.75) is 33.6 Å². The van der Waals surface area contributed by atoms with E-state index in [9.17, 15) is 14.4 Å². The lowest BCUT2D eigenvalue weighted by Crippen LogP contribution is -2.54. The molecule has 178 valence electrons. The molecule has 0 atom stereocenters. The zero-order chi connectivity index (χ0) is 25.1. The summed E-state index contributed by atoms with van der Waals surface area (Å²) in [6.45, 7) is 6.13. The zero-order valence-corrected chi connectivity index (χ0v) is 20.3. The number of nitrogens with one attached hydrogen (secondary N) is 1.